The van der Waals surface area contributed by atoms with E-state index in [1.54, 1.807) is 54.1 Å². The van der Waals surface area contributed by atoms with Crippen LogP contribution in [-0.4, -0.2) is 30.2 Å². The standard InChI is InChI=1S/C27H22N2O6/c1-33-19-9-7-17(8-10-19)13-28-25(30)15-29-14-21(26(31)18-5-3-2-4-6-18)27(32)20-11-23-24(12-22(20)29)35-16-34-23/h2-12,14H,13,15-16H2,1H3,(H,28,30). The first-order valence-corrected chi connectivity index (χ1v) is 11.0. The van der Waals surface area contributed by atoms with Crippen molar-refractivity contribution < 1.29 is 23.8 Å². The van der Waals surface area contributed by atoms with Crippen LogP contribution in [0.25, 0.3) is 10.9 Å². The predicted molar refractivity (Wildman–Crippen MR) is 129 cm³/mol. The molecule has 35 heavy (non-hydrogen) atoms. The summed E-state index contributed by atoms with van der Waals surface area (Å²) in [7, 11) is 1.59. The summed E-state index contributed by atoms with van der Waals surface area (Å²) in [5, 5.41) is 3.15. The van der Waals surface area contributed by atoms with Crippen molar-refractivity contribution in [2.45, 2.75) is 13.1 Å². The Bertz CT molecular complexity index is 1480. The van der Waals surface area contributed by atoms with Crippen molar-refractivity contribution >= 4 is 22.6 Å². The van der Waals surface area contributed by atoms with Gasteiger partial charge in [0.1, 0.15) is 12.3 Å². The Hall–Kier alpha value is -4.59. The zero-order valence-electron chi connectivity index (χ0n) is 18.9. The van der Waals surface area contributed by atoms with Crippen molar-refractivity contribution in [3.8, 4) is 17.2 Å². The number of rotatable bonds is 7. The Labute approximate surface area is 200 Å². The number of hydrogen-bond acceptors (Lipinski definition) is 6. The SMILES string of the molecule is COc1ccc(CNC(=O)Cn2cc(C(=O)c3ccccc3)c(=O)c3cc4c(cc32)OCO4)cc1. The first-order chi connectivity index (χ1) is 17.0. The summed E-state index contributed by atoms with van der Waals surface area (Å²) in [6.07, 6.45) is 1.44. The van der Waals surface area contributed by atoms with Crippen molar-refractivity contribution in [2.75, 3.05) is 13.9 Å². The van der Waals surface area contributed by atoms with Gasteiger partial charge in [0.15, 0.2) is 17.3 Å². The van der Waals surface area contributed by atoms with Crippen LogP contribution in [0.1, 0.15) is 21.5 Å². The van der Waals surface area contributed by atoms with E-state index >= 15 is 0 Å². The second-order valence-corrected chi connectivity index (χ2v) is 8.04. The van der Waals surface area contributed by atoms with Gasteiger partial charge in [-0.05, 0) is 23.8 Å². The number of benzene rings is 3. The Balaban J connectivity index is 1.49. The van der Waals surface area contributed by atoms with Crippen LogP contribution in [0, 0.1) is 0 Å². The van der Waals surface area contributed by atoms with Gasteiger partial charge >= 0.3 is 0 Å². The summed E-state index contributed by atoms with van der Waals surface area (Å²) >= 11 is 0. The second-order valence-electron chi connectivity index (χ2n) is 8.04. The Morgan fingerprint density at radius 2 is 1.71 bits per heavy atom. The molecule has 0 radical (unpaired) electrons. The lowest BCUT2D eigenvalue weighted by atomic mass is 10.0. The molecule has 0 saturated carbocycles. The highest BCUT2D eigenvalue weighted by atomic mass is 16.7. The molecule has 1 amide bonds. The summed E-state index contributed by atoms with van der Waals surface area (Å²) < 4.78 is 17.6. The number of carbonyl (C=O) groups is 2. The minimum atomic E-state index is -0.429. The fourth-order valence-corrected chi connectivity index (χ4v) is 3.97. The molecule has 2 heterocycles. The number of carbonyl (C=O) groups excluding carboxylic acids is 2. The highest BCUT2D eigenvalue weighted by molar-refractivity contribution is 6.10. The Kier molecular flexibility index (Phi) is 5.93. The molecule has 1 aliphatic rings. The van der Waals surface area contributed by atoms with Gasteiger partial charge in [-0.15, -0.1) is 0 Å². The normalized spacial score (nSPS) is 11.9. The van der Waals surface area contributed by atoms with E-state index in [4.69, 9.17) is 14.2 Å². The number of ether oxygens (including phenoxy) is 3. The van der Waals surface area contributed by atoms with Crippen LogP contribution in [0.4, 0.5) is 0 Å². The number of nitrogens with zero attached hydrogens (tertiary/aromatic N) is 1. The molecular formula is C27H22N2O6. The molecule has 0 bridgehead atoms. The van der Waals surface area contributed by atoms with E-state index in [9.17, 15) is 14.4 Å². The maximum Gasteiger partial charge on any atom is 0.240 e. The molecule has 8 heteroatoms. The molecular weight excluding hydrogens is 448 g/mol. The highest BCUT2D eigenvalue weighted by Gasteiger charge is 2.22. The monoisotopic (exact) mass is 470 g/mol. The molecule has 8 nitrogen and oxygen atoms in total. The van der Waals surface area contributed by atoms with Gasteiger partial charge in [-0.25, -0.2) is 0 Å². The Morgan fingerprint density at radius 1 is 1.00 bits per heavy atom. The van der Waals surface area contributed by atoms with Crippen LogP contribution in [-0.2, 0) is 17.9 Å². The molecule has 0 atom stereocenters. The van der Waals surface area contributed by atoms with Crippen molar-refractivity contribution in [1.29, 1.82) is 0 Å². The van der Waals surface area contributed by atoms with Crippen LogP contribution >= 0.6 is 0 Å². The summed E-state index contributed by atoms with van der Waals surface area (Å²) in [6.45, 7) is 0.267. The van der Waals surface area contributed by atoms with Crippen molar-refractivity contribution in [2.24, 2.45) is 0 Å². The third-order valence-electron chi connectivity index (χ3n) is 5.82. The van der Waals surface area contributed by atoms with Crippen LogP contribution in [0.3, 0.4) is 0 Å². The molecule has 5 rings (SSSR count). The number of fused-ring (bicyclic) bond motifs is 2. The average molecular weight is 470 g/mol. The molecule has 0 aliphatic carbocycles. The van der Waals surface area contributed by atoms with Gasteiger partial charge in [0, 0.05) is 24.4 Å². The van der Waals surface area contributed by atoms with Crippen LogP contribution in [0.5, 0.6) is 17.2 Å². The molecule has 176 valence electrons. The van der Waals surface area contributed by atoms with E-state index in [1.807, 2.05) is 24.3 Å². The lowest BCUT2D eigenvalue weighted by Crippen LogP contribution is -2.29. The van der Waals surface area contributed by atoms with E-state index in [0.717, 1.165) is 11.3 Å². The largest absolute Gasteiger partial charge is 0.497 e. The summed E-state index contributed by atoms with van der Waals surface area (Å²) in [5.74, 6) is 0.944. The first kappa shape index (κ1) is 22.2. The topological polar surface area (TPSA) is 95.9 Å². The maximum atomic E-state index is 13.3. The van der Waals surface area contributed by atoms with Crippen molar-refractivity contribution in [3.05, 3.63) is 99.8 Å². The number of hydrogen-bond donors (Lipinski definition) is 1. The molecule has 4 aromatic rings. The highest BCUT2D eigenvalue weighted by Crippen LogP contribution is 2.35. The fraction of sp³-hybridized carbons (Fsp3) is 0.148. The van der Waals surface area contributed by atoms with Gasteiger partial charge in [-0.1, -0.05) is 42.5 Å². The number of ketones is 1. The minimum Gasteiger partial charge on any atom is -0.497 e. The molecule has 0 fully saturated rings. The van der Waals surface area contributed by atoms with Crippen LogP contribution in [0.2, 0.25) is 0 Å². The maximum absolute atomic E-state index is 13.3. The van der Waals surface area contributed by atoms with Crippen molar-refractivity contribution in [3.63, 3.8) is 0 Å². The van der Waals surface area contributed by atoms with Gasteiger partial charge in [-0.3, -0.25) is 14.4 Å². The lowest BCUT2D eigenvalue weighted by Gasteiger charge is -2.14. The number of nitrogens with one attached hydrogen (secondary N) is 1. The third kappa shape index (κ3) is 4.46. The zero-order chi connectivity index (χ0) is 24.4. The van der Waals surface area contributed by atoms with Gasteiger partial charge < -0.3 is 24.1 Å². The lowest BCUT2D eigenvalue weighted by molar-refractivity contribution is -0.121. The summed E-state index contributed by atoms with van der Waals surface area (Å²) in [4.78, 5) is 39.3. The Morgan fingerprint density at radius 3 is 2.43 bits per heavy atom. The number of pyridine rings is 1. The molecule has 3 aromatic carbocycles. The van der Waals surface area contributed by atoms with Gasteiger partial charge in [0.25, 0.3) is 0 Å². The second kappa shape index (κ2) is 9.34. The molecule has 1 aromatic heterocycles. The van der Waals surface area contributed by atoms with E-state index in [0.29, 0.717) is 29.1 Å². The smallest absolute Gasteiger partial charge is 0.240 e. The third-order valence-corrected chi connectivity index (χ3v) is 5.82. The van der Waals surface area contributed by atoms with E-state index in [1.165, 1.54) is 6.20 Å². The first-order valence-electron chi connectivity index (χ1n) is 11.0. The molecule has 1 aliphatic heterocycles. The summed E-state index contributed by atoms with van der Waals surface area (Å²) in [6, 6.07) is 19.2. The van der Waals surface area contributed by atoms with E-state index in [-0.39, 0.29) is 30.2 Å². The average Bonchev–Trinajstić information content (AvgIpc) is 3.36. The fourth-order valence-electron chi connectivity index (χ4n) is 3.97. The van der Waals surface area contributed by atoms with Crippen LogP contribution < -0.4 is 25.0 Å². The molecule has 0 saturated heterocycles. The quantitative estimate of drug-likeness (QED) is 0.417. The number of amides is 1. The minimum absolute atomic E-state index is 0.0227. The van der Waals surface area contributed by atoms with Gasteiger partial charge in [0.05, 0.1) is 23.6 Å². The molecule has 0 unspecified atom stereocenters. The number of methoxy groups -OCH3 is 1. The summed E-state index contributed by atoms with van der Waals surface area (Å²) in [5.41, 5.74) is 1.32. The van der Waals surface area contributed by atoms with Gasteiger partial charge in [-0.2, -0.15) is 0 Å². The molecule has 1 N–H and O–H groups in total. The molecule has 0 spiro atoms. The number of aromatic nitrogens is 1. The van der Waals surface area contributed by atoms with E-state index < -0.39 is 11.2 Å². The van der Waals surface area contributed by atoms with Gasteiger partial charge in [0.2, 0.25) is 18.1 Å². The van der Waals surface area contributed by atoms with Crippen molar-refractivity contribution in [1.82, 2.24) is 9.88 Å². The predicted octanol–water partition coefficient (Wildman–Crippen LogP) is 3.29. The zero-order valence-corrected chi connectivity index (χ0v) is 18.9. The van der Waals surface area contributed by atoms with Crippen LogP contribution in [0.15, 0.2) is 77.7 Å². The van der Waals surface area contributed by atoms with E-state index in [2.05, 4.69) is 5.32 Å².